The van der Waals surface area contributed by atoms with Gasteiger partial charge in [0.25, 0.3) is 0 Å². The van der Waals surface area contributed by atoms with Crippen molar-refractivity contribution in [3.63, 3.8) is 0 Å². The average molecular weight is 413 g/mol. The van der Waals surface area contributed by atoms with Crippen LogP contribution >= 0.6 is 0 Å². The summed E-state index contributed by atoms with van der Waals surface area (Å²) in [5, 5.41) is 2.98. The van der Waals surface area contributed by atoms with Gasteiger partial charge in [0.1, 0.15) is 11.6 Å². The third-order valence-corrected chi connectivity index (χ3v) is 4.92. The van der Waals surface area contributed by atoms with E-state index in [-0.39, 0.29) is 11.7 Å². The quantitative estimate of drug-likeness (QED) is 0.306. The van der Waals surface area contributed by atoms with Gasteiger partial charge >= 0.3 is 0 Å². The number of nitrogens with zero attached hydrogens (tertiary/aromatic N) is 1. The molecule has 4 rings (SSSR count). The number of carbonyl (C=O) groups is 2. The summed E-state index contributed by atoms with van der Waals surface area (Å²) >= 11 is 0. The molecule has 0 aliphatic rings. The highest BCUT2D eigenvalue weighted by Crippen LogP contribution is 2.27. The van der Waals surface area contributed by atoms with Gasteiger partial charge in [-0.2, -0.15) is 0 Å². The first-order valence-electron chi connectivity index (χ1n) is 10.2. The zero-order valence-corrected chi connectivity index (χ0v) is 17.2. The Balaban J connectivity index is 1.33. The molecule has 0 aliphatic carbocycles. The van der Waals surface area contributed by atoms with Crippen LogP contribution in [0, 0.1) is 0 Å². The second-order valence-corrected chi connectivity index (χ2v) is 7.23. The maximum atomic E-state index is 12.5. The number of rotatable bonds is 8. The van der Waals surface area contributed by atoms with Gasteiger partial charge in [-0.25, -0.2) is 4.98 Å². The van der Waals surface area contributed by atoms with E-state index in [0.29, 0.717) is 36.4 Å². The number of Topliss-reactive ketones (excluding diaryl/α,β-unsaturated/α-hetero) is 1. The van der Waals surface area contributed by atoms with Crippen molar-refractivity contribution in [3.8, 4) is 17.1 Å². The summed E-state index contributed by atoms with van der Waals surface area (Å²) in [6, 6.07) is 22.4. The number of para-hydroxylation sites is 3. The van der Waals surface area contributed by atoms with Crippen molar-refractivity contribution in [2.45, 2.75) is 19.8 Å². The Labute approximate surface area is 180 Å². The van der Waals surface area contributed by atoms with E-state index in [1.165, 1.54) is 6.92 Å². The van der Waals surface area contributed by atoms with Crippen molar-refractivity contribution in [1.29, 1.82) is 0 Å². The number of anilines is 1. The molecule has 0 atom stereocenters. The molecular formula is C25H23N3O3. The molecule has 0 fully saturated rings. The van der Waals surface area contributed by atoms with E-state index in [1.54, 1.807) is 24.3 Å². The molecule has 0 bridgehead atoms. The van der Waals surface area contributed by atoms with Crippen LogP contribution in [0.25, 0.3) is 22.4 Å². The van der Waals surface area contributed by atoms with Crippen molar-refractivity contribution in [2.24, 2.45) is 0 Å². The van der Waals surface area contributed by atoms with E-state index in [2.05, 4.69) is 15.3 Å². The summed E-state index contributed by atoms with van der Waals surface area (Å²) < 4.78 is 5.66. The standard InChI is InChI=1S/C25H23N3O3/c1-17(29)18-12-14-19(15-13-18)31-16-6-11-24(30)26-21-8-3-2-7-20(21)25-27-22-9-4-5-10-23(22)28-25/h2-5,7-10,12-15H,6,11,16H2,1H3,(H,26,30)(H,27,28). The van der Waals surface area contributed by atoms with Gasteiger partial charge in [-0.15, -0.1) is 0 Å². The molecule has 0 saturated carbocycles. The van der Waals surface area contributed by atoms with Gasteiger partial charge < -0.3 is 15.0 Å². The highest BCUT2D eigenvalue weighted by Gasteiger charge is 2.12. The van der Waals surface area contributed by atoms with Gasteiger partial charge in [-0.05, 0) is 61.9 Å². The Morgan fingerprint density at radius 3 is 2.48 bits per heavy atom. The second kappa shape index (κ2) is 9.26. The van der Waals surface area contributed by atoms with Crippen molar-refractivity contribution < 1.29 is 14.3 Å². The lowest BCUT2D eigenvalue weighted by Crippen LogP contribution is -2.13. The third-order valence-electron chi connectivity index (χ3n) is 4.92. The Morgan fingerprint density at radius 2 is 1.71 bits per heavy atom. The number of hydrogen-bond donors (Lipinski definition) is 2. The Kier molecular flexibility index (Phi) is 6.08. The van der Waals surface area contributed by atoms with Crippen molar-refractivity contribution in [1.82, 2.24) is 9.97 Å². The number of amides is 1. The minimum Gasteiger partial charge on any atom is -0.494 e. The van der Waals surface area contributed by atoms with Crippen LogP contribution in [0.15, 0.2) is 72.8 Å². The van der Waals surface area contributed by atoms with Crippen LogP contribution in [0.5, 0.6) is 5.75 Å². The van der Waals surface area contributed by atoms with E-state index in [4.69, 9.17) is 4.74 Å². The number of H-pyrrole nitrogens is 1. The lowest BCUT2D eigenvalue weighted by Gasteiger charge is -2.10. The SMILES string of the molecule is CC(=O)c1ccc(OCCCC(=O)Nc2ccccc2-c2nc3ccccc3[nH]2)cc1. The molecule has 0 aliphatic heterocycles. The average Bonchev–Trinajstić information content (AvgIpc) is 3.21. The molecule has 0 unspecified atom stereocenters. The monoisotopic (exact) mass is 413 g/mol. The minimum absolute atomic E-state index is 0.0196. The minimum atomic E-state index is -0.0842. The first kappa shape index (κ1) is 20.3. The number of ether oxygens (including phenoxy) is 1. The van der Waals surface area contributed by atoms with E-state index in [1.807, 2.05) is 48.5 Å². The van der Waals surface area contributed by atoms with Crippen LogP contribution in [0.1, 0.15) is 30.1 Å². The molecule has 0 saturated heterocycles. The third kappa shape index (κ3) is 4.98. The molecule has 0 radical (unpaired) electrons. The summed E-state index contributed by atoms with van der Waals surface area (Å²) in [5.41, 5.74) is 4.04. The number of benzene rings is 3. The normalized spacial score (nSPS) is 10.7. The number of aromatic amines is 1. The number of nitrogens with one attached hydrogen (secondary N) is 2. The fourth-order valence-electron chi connectivity index (χ4n) is 3.30. The number of imidazole rings is 1. The van der Waals surface area contributed by atoms with Gasteiger partial charge in [0, 0.05) is 17.5 Å². The predicted molar refractivity (Wildman–Crippen MR) is 121 cm³/mol. The van der Waals surface area contributed by atoms with E-state index in [0.717, 1.165) is 22.4 Å². The largest absolute Gasteiger partial charge is 0.494 e. The Hall–Kier alpha value is -3.93. The number of fused-ring (bicyclic) bond motifs is 1. The highest BCUT2D eigenvalue weighted by atomic mass is 16.5. The molecule has 2 N–H and O–H groups in total. The molecule has 1 aromatic heterocycles. The molecule has 4 aromatic rings. The van der Waals surface area contributed by atoms with Gasteiger partial charge in [-0.3, -0.25) is 9.59 Å². The zero-order valence-electron chi connectivity index (χ0n) is 17.2. The van der Waals surface area contributed by atoms with Gasteiger partial charge in [0.2, 0.25) is 5.91 Å². The van der Waals surface area contributed by atoms with Gasteiger partial charge in [0.15, 0.2) is 5.78 Å². The van der Waals surface area contributed by atoms with E-state index < -0.39 is 0 Å². The molecule has 6 heteroatoms. The van der Waals surface area contributed by atoms with E-state index in [9.17, 15) is 9.59 Å². The van der Waals surface area contributed by atoms with Crippen molar-refractivity contribution in [3.05, 3.63) is 78.4 Å². The van der Waals surface area contributed by atoms with Crippen molar-refractivity contribution >= 4 is 28.4 Å². The van der Waals surface area contributed by atoms with Crippen molar-refractivity contribution in [2.75, 3.05) is 11.9 Å². The van der Waals surface area contributed by atoms with Gasteiger partial charge in [-0.1, -0.05) is 24.3 Å². The molecule has 1 heterocycles. The molecule has 156 valence electrons. The van der Waals surface area contributed by atoms with Crippen LogP contribution < -0.4 is 10.1 Å². The van der Waals surface area contributed by atoms with E-state index >= 15 is 0 Å². The molecular weight excluding hydrogens is 390 g/mol. The van der Waals surface area contributed by atoms with Crippen LogP contribution in [0.4, 0.5) is 5.69 Å². The maximum absolute atomic E-state index is 12.5. The fraction of sp³-hybridized carbons (Fsp3) is 0.160. The number of hydrogen-bond acceptors (Lipinski definition) is 4. The fourth-order valence-corrected chi connectivity index (χ4v) is 3.30. The molecule has 1 amide bonds. The molecule has 31 heavy (non-hydrogen) atoms. The maximum Gasteiger partial charge on any atom is 0.224 e. The van der Waals surface area contributed by atoms with Gasteiger partial charge in [0.05, 0.1) is 23.3 Å². The van der Waals surface area contributed by atoms with Crippen LogP contribution in [-0.2, 0) is 4.79 Å². The first-order valence-corrected chi connectivity index (χ1v) is 10.2. The van der Waals surface area contributed by atoms with Crippen LogP contribution in [0.3, 0.4) is 0 Å². The lowest BCUT2D eigenvalue weighted by atomic mass is 10.1. The van der Waals surface area contributed by atoms with Crippen LogP contribution in [-0.4, -0.2) is 28.3 Å². The Bertz CT molecular complexity index is 1180. The summed E-state index contributed by atoms with van der Waals surface area (Å²) in [6.45, 7) is 1.94. The van der Waals surface area contributed by atoms with Crippen LogP contribution in [0.2, 0.25) is 0 Å². The second-order valence-electron chi connectivity index (χ2n) is 7.23. The highest BCUT2D eigenvalue weighted by molar-refractivity contribution is 5.95. The molecule has 0 spiro atoms. The summed E-state index contributed by atoms with van der Waals surface area (Å²) in [6.07, 6.45) is 0.910. The molecule has 3 aromatic carbocycles. The summed E-state index contributed by atoms with van der Waals surface area (Å²) in [7, 11) is 0. The first-order chi connectivity index (χ1) is 15.1. The Morgan fingerprint density at radius 1 is 0.968 bits per heavy atom. The number of carbonyl (C=O) groups excluding carboxylic acids is 2. The molecule has 6 nitrogen and oxygen atoms in total. The number of aromatic nitrogens is 2. The summed E-state index contributed by atoms with van der Waals surface area (Å²) in [5.74, 6) is 1.33. The zero-order chi connectivity index (χ0) is 21.6. The number of ketones is 1. The lowest BCUT2D eigenvalue weighted by molar-refractivity contribution is -0.116. The smallest absolute Gasteiger partial charge is 0.224 e. The summed E-state index contributed by atoms with van der Waals surface area (Å²) in [4.78, 5) is 31.7. The predicted octanol–water partition coefficient (Wildman–Crippen LogP) is 5.23. The topological polar surface area (TPSA) is 84.1 Å².